The summed E-state index contributed by atoms with van der Waals surface area (Å²) in [7, 11) is 0. The number of fused-ring (bicyclic) bond motifs is 1. The van der Waals surface area contributed by atoms with Crippen molar-refractivity contribution in [2.45, 2.75) is 6.92 Å². The molecule has 1 aliphatic heterocycles. The van der Waals surface area contributed by atoms with Crippen LogP contribution in [0.3, 0.4) is 0 Å². The molecule has 1 fully saturated rings. The minimum atomic E-state index is -0.353. The molecule has 0 bridgehead atoms. The second-order valence-electron chi connectivity index (χ2n) is 6.04. The number of aromatic nitrogens is 2. The standard InChI is InChI=1S/C18H21N5O3/c1-3-7-19-17(25)15-14-6-4-5-8-23(14)16(20-15)18(26)22-11-9-21(10-12-22)13(2)24/h3-6,8H,1,7,9-12H2,2H3,(H,19,25). The smallest absolute Gasteiger partial charge is 0.290 e. The van der Waals surface area contributed by atoms with E-state index in [2.05, 4.69) is 16.9 Å². The van der Waals surface area contributed by atoms with Crippen molar-refractivity contribution in [3.05, 3.63) is 48.6 Å². The highest BCUT2D eigenvalue weighted by Gasteiger charge is 2.28. The maximum atomic E-state index is 12.9. The molecule has 0 radical (unpaired) electrons. The van der Waals surface area contributed by atoms with E-state index in [9.17, 15) is 14.4 Å². The molecule has 8 nitrogen and oxygen atoms in total. The highest BCUT2D eigenvalue weighted by molar-refractivity contribution is 6.02. The summed E-state index contributed by atoms with van der Waals surface area (Å²) < 4.78 is 1.63. The number of rotatable bonds is 4. The Balaban J connectivity index is 1.88. The zero-order valence-electron chi connectivity index (χ0n) is 14.6. The minimum absolute atomic E-state index is 0.00420. The summed E-state index contributed by atoms with van der Waals surface area (Å²) in [5, 5.41) is 2.69. The molecule has 26 heavy (non-hydrogen) atoms. The van der Waals surface area contributed by atoms with E-state index in [1.165, 1.54) is 6.92 Å². The Morgan fingerprint density at radius 2 is 1.88 bits per heavy atom. The molecule has 0 aromatic carbocycles. The lowest BCUT2D eigenvalue weighted by atomic mass is 10.3. The van der Waals surface area contributed by atoms with Crippen LogP contribution in [0.4, 0.5) is 0 Å². The predicted octanol–water partition coefficient (Wildman–Crippen LogP) is 0.554. The summed E-state index contributed by atoms with van der Waals surface area (Å²) >= 11 is 0. The maximum absolute atomic E-state index is 12.9. The number of piperazine rings is 1. The van der Waals surface area contributed by atoms with Gasteiger partial charge in [-0.3, -0.25) is 18.8 Å². The van der Waals surface area contributed by atoms with Crippen molar-refractivity contribution >= 4 is 23.2 Å². The van der Waals surface area contributed by atoms with E-state index in [-0.39, 0.29) is 29.2 Å². The number of carbonyl (C=O) groups is 3. The Morgan fingerprint density at radius 3 is 2.54 bits per heavy atom. The molecule has 2 aromatic heterocycles. The van der Waals surface area contributed by atoms with Crippen molar-refractivity contribution in [2.24, 2.45) is 0 Å². The SMILES string of the molecule is C=CCNC(=O)c1nc(C(=O)N2CCN(C(C)=O)CC2)n2ccccc12. The number of nitrogens with zero attached hydrogens (tertiary/aromatic N) is 4. The van der Waals surface area contributed by atoms with Gasteiger partial charge in [-0.1, -0.05) is 12.1 Å². The molecule has 3 heterocycles. The summed E-state index contributed by atoms with van der Waals surface area (Å²) in [6.45, 7) is 7.29. The van der Waals surface area contributed by atoms with Crippen molar-refractivity contribution in [3.63, 3.8) is 0 Å². The summed E-state index contributed by atoms with van der Waals surface area (Å²) in [6, 6.07) is 5.33. The first-order valence-electron chi connectivity index (χ1n) is 8.44. The van der Waals surface area contributed by atoms with Crippen LogP contribution in [-0.2, 0) is 4.79 Å². The summed E-state index contributed by atoms with van der Waals surface area (Å²) in [6.07, 6.45) is 3.29. The maximum Gasteiger partial charge on any atom is 0.290 e. The summed E-state index contributed by atoms with van der Waals surface area (Å²) in [5.41, 5.74) is 0.776. The van der Waals surface area contributed by atoms with Gasteiger partial charge in [0, 0.05) is 45.8 Å². The lowest BCUT2D eigenvalue weighted by Gasteiger charge is -2.33. The molecule has 0 aliphatic carbocycles. The van der Waals surface area contributed by atoms with Gasteiger partial charge in [0.15, 0.2) is 5.69 Å². The van der Waals surface area contributed by atoms with Gasteiger partial charge in [0.05, 0.1) is 5.52 Å². The van der Waals surface area contributed by atoms with Crippen LogP contribution < -0.4 is 5.32 Å². The van der Waals surface area contributed by atoms with Crippen LogP contribution in [0.1, 0.15) is 28.0 Å². The molecule has 0 spiro atoms. The summed E-state index contributed by atoms with van der Waals surface area (Å²) in [4.78, 5) is 44.4. The molecule has 2 aromatic rings. The first-order valence-corrected chi connectivity index (χ1v) is 8.44. The lowest BCUT2D eigenvalue weighted by molar-refractivity contribution is -0.130. The number of imidazole rings is 1. The van der Waals surface area contributed by atoms with Gasteiger partial charge in [-0.25, -0.2) is 4.98 Å². The van der Waals surface area contributed by atoms with Crippen LogP contribution in [0.2, 0.25) is 0 Å². The van der Waals surface area contributed by atoms with E-state index in [1.807, 2.05) is 0 Å². The van der Waals surface area contributed by atoms with Gasteiger partial charge in [-0.15, -0.1) is 6.58 Å². The Morgan fingerprint density at radius 1 is 1.19 bits per heavy atom. The number of pyridine rings is 1. The number of carbonyl (C=O) groups excluding carboxylic acids is 3. The van der Waals surface area contributed by atoms with Crippen molar-refractivity contribution in [2.75, 3.05) is 32.7 Å². The molecule has 136 valence electrons. The fraction of sp³-hybridized carbons (Fsp3) is 0.333. The van der Waals surface area contributed by atoms with Gasteiger partial charge < -0.3 is 15.1 Å². The quantitative estimate of drug-likeness (QED) is 0.812. The minimum Gasteiger partial charge on any atom is -0.347 e. The van der Waals surface area contributed by atoms with Crippen molar-refractivity contribution < 1.29 is 14.4 Å². The third-order valence-corrected chi connectivity index (χ3v) is 4.37. The van der Waals surface area contributed by atoms with E-state index < -0.39 is 0 Å². The van der Waals surface area contributed by atoms with Gasteiger partial charge in [0.25, 0.3) is 11.8 Å². The molecular weight excluding hydrogens is 334 g/mol. The van der Waals surface area contributed by atoms with Gasteiger partial charge in [-0.2, -0.15) is 0 Å². The third-order valence-electron chi connectivity index (χ3n) is 4.37. The molecule has 1 saturated heterocycles. The average Bonchev–Trinajstić information content (AvgIpc) is 3.05. The molecule has 3 rings (SSSR count). The van der Waals surface area contributed by atoms with Crippen molar-refractivity contribution in [1.82, 2.24) is 24.5 Å². The van der Waals surface area contributed by atoms with Crippen LogP contribution in [0.15, 0.2) is 37.1 Å². The van der Waals surface area contributed by atoms with Crippen molar-refractivity contribution in [3.8, 4) is 0 Å². The molecule has 3 amide bonds. The van der Waals surface area contributed by atoms with Crippen molar-refractivity contribution in [1.29, 1.82) is 0 Å². The Bertz CT molecular complexity index is 865. The zero-order chi connectivity index (χ0) is 18.7. The highest BCUT2D eigenvalue weighted by Crippen LogP contribution is 2.16. The molecule has 0 atom stereocenters. The van der Waals surface area contributed by atoms with Gasteiger partial charge in [0.1, 0.15) is 0 Å². The Kier molecular flexibility index (Phi) is 5.01. The largest absolute Gasteiger partial charge is 0.347 e. The lowest BCUT2D eigenvalue weighted by Crippen LogP contribution is -2.50. The van der Waals surface area contributed by atoms with E-state index in [0.717, 1.165) is 0 Å². The molecule has 0 unspecified atom stereocenters. The van der Waals surface area contributed by atoms with Gasteiger partial charge >= 0.3 is 0 Å². The first kappa shape index (κ1) is 17.7. The average molecular weight is 355 g/mol. The topological polar surface area (TPSA) is 87.0 Å². The second-order valence-corrected chi connectivity index (χ2v) is 6.04. The second kappa shape index (κ2) is 7.38. The highest BCUT2D eigenvalue weighted by atomic mass is 16.2. The summed E-state index contributed by atoms with van der Waals surface area (Å²) in [5.74, 6) is -0.406. The van der Waals surface area contributed by atoms with E-state index in [4.69, 9.17) is 0 Å². The van der Waals surface area contributed by atoms with Crippen LogP contribution in [0.25, 0.3) is 5.52 Å². The zero-order valence-corrected chi connectivity index (χ0v) is 14.6. The van der Waals surface area contributed by atoms with Crippen LogP contribution >= 0.6 is 0 Å². The van der Waals surface area contributed by atoms with E-state index in [0.29, 0.717) is 38.2 Å². The monoisotopic (exact) mass is 355 g/mol. The molecule has 0 saturated carbocycles. The van der Waals surface area contributed by atoms with Gasteiger partial charge in [-0.05, 0) is 12.1 Å². The molecular formula is C18H21N5O3. The van der Waals surface area contributed by atoms with Crippen LogP contribution in [0, 0.1) is 0 Å². The Labute approximate surface area is 151 Å². The number of amides is 3. The van der Waals surface area contributed by atoms with E-state index in [1.54, 1.807) is 44.7 Å². The molecule has 1 aliphatic rings. The predicted molar refractivity (Wildman–Crippen MR) is 95.9 cm³/mol. The Hall–Kier alpha value is -3.16. The van der Waals surface area contributed by atoms with Crippen LogP contribution in [-0.4, -0.2) is 69.6 Å². The molecule has 1 N–H and O–H groups in total. The fourth-order valence-electron chi connectivity index (χ4n) is 2.97. The van der Waals surface area contributed by atoms with E-state index >= 15 is 0 Å². The van der Waals surface area contributed by atoms with Gasteiger partial charge in [0.2, 0.25) is 11.7 Å². The molecule has 8 heteroatoms. The first-order chi connectivity index (χ1) is 12.5. The number of hydrogen-bond acceptors (Lipinski definition) is 4. The normalized spacial score (nSPS) is 14.3. The number of nitrogens with one attached hydrogen (secondary N) is 1. The number of hydrogen-bond donors (Lipinski definition) is 1. The third kappa shape index (κ3) is 3.30. The van der Waals surface area contributed by atoms with Crippen LogP contribution in [0.5, 0.6) is 0 Å². The fourth-order valence-corrected chi connectivity index (χ4v) is 2.97.